The number of phenols is 2. The van der Waals surface area contributed by atoms with Crippen molar-refractivity contribution in [2.24, 2.45) is 5.73 Å². The van der Waals surface area contributed by atoms with E-state index in [1.807, 2.05) is 6.92 Å². The van der Waals surface area contributed by atoms with E-state index in [0.717, 1.165) is 12.8 Å². The van der Waals surface area contributed by atoms with E-state index in [2.05, 4.69) is 0 Å². The maximum Gasteiger partial charge on any atom is 0.124 e. The summed E-state index contributed by atoms with van der Waals surface area (Å²) in [6.45, 7) is 2.04. The Balaban J connectivity index is 0.00000169. The van der Waals surface area contributed by atoms with E-state index in [0.29, 0.717) is 5.56 Å². The lowest BCUT2D eigenvalue weighted by atomic mass is 10.0. The third-order valence-electron chi connectivity index (χ3n) is 2.01. The van der Waals surface area contributed by atoms with Gasteiger partial charge in [-0.25, -0.2) is 0 Å². The first kappa shape index (κ1) is 13.1. The summed E-state index contributed by atoms with van der Waals surface area (Å²) < 4.78 is 0. The molecule has 1 atom stereocenters. The number of hydrogen-bond donors (Lipinski definition) is 3. The van der Waals surface area contributed by atoms with Gasteiger partial charge in [0, 0.05) is 17.7 Å². The minimum atomic E-state index is -0.148. The van der Waals surface area contributed by atoms with Crippen LogP contribution in [0.4, 0.5) is 0 Å². The first-order chi connectivity index (χ1) is 6.15. The molecule has 0 unspecified atom stereocenters. The third kappa shape index (κ3) is 3.09. The van der Waals surface area contributed by atoms with Crippen molar-refractivity contribution in [1.29, 1.82) is 0 Å². The molecule has 0 heterocycles. The lowest BCUT2D eigenvalue weighted by molar-refractivity contribution is 0.439. The topological polar surface area (TPSA) is 66.5 Å². The number of nitrogens with two attached hydrogens (primary N) is 1. The van der Waals surface area contributed by atoms with Gasteiger partial charge in [0.2, 0.25) is 0 Å². The van der Waals surface area contributed by atoms with Crippen molar-refractivity contribution in [3.05, 3.63) is 23.8 Å². The van der Waals surface area contributed by atoms with Gasteiger partial charge in [-0.2, -0.15) is 0 Å². The Hall–Kier alpha value is -0.930. The number of aromatic hydroxyl groups is 2. The van der Waals surface area contributed by atoms with E-state index in [9.17, 15) is 5.11 Å². The summed E-state index contributed by atoms with van der Waals surface area (Å²) in [5, 5.41) is 18.5. The van der Waals surface area contributed by atoms with Crippen LogP contribution in [0.15, 0.2) is 18.2 Å². The molecular weight excluding hydrogens is 202 g/mol. The average molecular weight is 218 g/mol. The van der Waals surface area contributed by atoms with Crippen molar-refractivity contribution in [2.75, 3.05) is 0 Å². The molecule has 0 aliphatic carbocycles. The van der Waals surface area contributed by atoms with E-state index in [4.69, 9.17) is 10.8 Å². The number of halogens is 1. The van der Waals surface area contributed by atoms with Gasteiger partial charge in [0.1, 0.15) is 11.5 Å². The maximum atomic E-state index is 9.45. The van der Waals surface area contributed by atoms with Crippen LogP contribution in [-0.4, -0.2) is 10.2 Å². The fourth-order valence-electron chi connectivity index (χ4n) is 1.31. The Morgan fingerprint density at radius 3 is 2.50 bits per heavy atom. The minimum Gasteiger partial charge on any atom is -0.508 e. The van der Waals surface area contributed by atoms with Crippen molar-refractivity contribution >= 4 is 12.4 Å². The van der Waals surface area contributed by atoms with Gasteiger partial charge < -0.3 is 15.9 Å². The maximum absolute atomic E-state index is 9.45. The molecule has 3 nitrogen and oxygen atoms in total. The van der Waals surface area contributed by atoms with Crippen LogP contribution in [0.3, 0.4) is 0 Å². The number of rotatable bonds is 3. The normalized spacial score (nSPS) is 11.9. The first-order valence-electron chi connectivity index (χ1n) is 4.42. The fraction of sp³-hybridized carbons (Fsp3) is 0.400. The van der Waals surface area contributed by atoms with Crippen LogP contribution in [0, 0.1) is 0 Å². The van der Waals surface area contributed by atoms with Gasteiger partial charge >= 0.3 is 0 Å². The largest absolute Gasteiger partial charge is 0.508 e. The molecule has 0 saturated carbocycles. The number of hydrogen-bond acceptors (Lipinski definition) is 3. The van der Waals surface area contributed by atoms with Crippen molar-refractivity contribution < 1.29 is 10.2 Å². The highest BCUT2D eigenvalue weighted by atomic mass is 35.5. The highest BCUT2D eigenvalue weighted by Gasteiger charge is 2.09. The van der Waals surface area contributed by atoms with Crippen LogP contribution >= 0.6 is 12.4 Å². The smallest absolute Gasteiger partial charge is 0.124 e. The van der Waals surface area contributed by atoms with Crippen molar-refractivity contribution in [1.82, 2.24) is 0 Å². The Morgan fingerprint density at radius 1 is 1.36 bits per heavy atom. The van der Waals surface area contributed by atoms with Crippen LogP contribution in [0.25, 0.3) is 0 Å². The van der Waals surface area contributed by atoms with Gasteiger partial charge in [0.25, 0.3) is 0 Å². The molecule has 0 aliphatic heterocycles. The Morgan fingerprint density at radius 2 is 2.00 bits per heavy atom. The predicted octanol–water partition coefficient (Wildman–Crippen LogP) is 2.32. The molecule has 4 heteroatoms. The minimum absolute atomic E-state index is 0. The van der Waals surface area contributed by atoms with Crippen molar-refractivity contribution in [3.8, 4) is 11.5 Å². The average Bonchev–Trinajstić information content (AvgIpc) is 2.04. The van der Waals surface area contributed by atoms with Crippen molar-refractivity contribution in [3.63, 3.8) is 0 Å². The zero-order chi connectivity index (χ0) is 9.84. The summed E-state index contributed by atoms with van der Waals surface area (Å²) in [4.78, 5) is 0. The lowest BCUT2D eigenvalue weighted by Crippen LogP contribution is -2.09. The second kappa shape index (κ2) is 5.73. The number of benzene rings is 1. The number of phenolic OH excluding ortho intramolecular Hbond substituents is 2. The Kier molecular flexibility index (Phi) is 5.35. The fourth-order valence-corrected chi connectivity index (χ4v) is 1.31. The Labute approximate surface area is 90.0 Å². The highest BCUT2D eigenvalue weighted by Crippen LogP contribution is 2.28. The quantitative estimate of drug-likeness (QED) is 0.728. The molecule has 0 aromatic heterocycles. The van der Waals surface area contributed by atoms with Gasteiger partial charge in [0.15, 0.2) is 0 Å². The zero-order valence-corrected chi connectivity index (χ0v) is 8.92. The summed E-state index contributed by atoms with van der Waals surface area (Å²) in [5.74, 6) is 0.130. The van der Waals surface area contributed by atoms with Gasteiger partial charge in [0.05, 0.1) is 0 Å². The molecule has 80 valence electrons. The summed E-state index contributed by atoms with van der Waals surface area (Å²) in [5.41, 5.74) is 6.51. The molecule has 14 heavy (non-hydrogen) atoms. The third-order valence-corrected chi connectivity index (χ3v) is 2.01. The summed E-state index contributed by atoms with van der Waals surface area (Å²) >= 11 is 0. The molecule has 0 amide bonds. The van der Waals surface area contributed by atoms with Gasteiger partial charge in [-0.15, -0.1) is 12.4 Å². The van der Waals surface area contributed by atoms with Gasteiger partial charge in [-0.05, 0) is 12.5 Å². The first-order valence-corrected chi connectivity index (χ1v) is 4.42. The molecule has 1 aromatic carbocycles. The predicted molar refractivity (Wildman–Crippen MR) is 58.9 cm³/mol. The zero-order valence-electron chi connectivity index (χ0n) is 8.10. The van der Waals surface area contributed by atoms with Crippen molar-refractivity contribution in [2.45, 2.75) is 25.8 Å². The molecule has 1 aromatic rings. The SMILES string of the molecule is CCC[C@H](N)c1ccc(O)cc1O.Cl. The molecular formula is C10H16ClNO2. The van der Waals surface area contributed by atoms with Crippen LogP contribution in [-0.2, 0) is 0 Å². The molecule has 0 spiro atoms. The standard InChI is InChI=1S/C10H15NO2.ClH/c1-2-3-9(11)8-5-4-7(12)6-10(8)13;/h4-6,9,12-13H,2-3,11H2,1H3;1H/t9-;/m0./s1. The molecule has 4 N–H and O–H groups in total. The molecule has 0 saturated heterocycles. The van der Waals surface area contributed by atoms with Gasteiger partial charge in [-0.3, -0.25) is 0 Å². The Bertz CT molecular complexity index is 291. The second-order valence-corrected chi connectivity index (χ2v) is 3.14. The van der Waals surface area contributed by atoms with E-state index >= 15 is 0 Å². The second-order valence-electron chi connectivity index (χ2n) is 3.14. The summed E-state index contributed by atoms with van der Waals surface area (Å²) in [6, 6.07) is 4.35. The van der Waals surface area contributed by atoms with E-state index in [1.54, 1.807) is 6.07 Å². The molecule has 0 bridgehead atoms. The molecule has 1 rings (SSSR count). The van der Waals surface area contributed by atoms with E-state index < -0.39 is 0 Å². The summed E-state index contributed by atoms with van der Waals surface area (Å²) in [6.07, 6.45) is 1.81. The highest BCUT2D eigenvalue weighted by molar-refractivity contribution is 5.85. The van der Waals surface area contributed by atoms with Crippen LogP contribution in [0.2, 0.25) is 0 Å². The van der Waals surface area contributed by atoms with Gasteiger partial charge in [-0.1, -0.05) is 19.4 Å². The van der Waals surface area contributed by atoms with Crippen LogP contribution in [0.5, 0.6) is 11.5 Å². The van der Waals surface area contributed by atoms with E-state index in [1.165, 1.54) is 12.1 Å². The van der Waals surface area contributed by atoms with Crippen LogP contribution in [0.1, 0.15) is 31.4 Å². The molecule has 0 radical (unpaired) electrons. The lowest BCUT2D eigenvalue weighted by Gasteiger charge is -2.12. The van der Waals surface area contributed by atoms with E-state index in [-0.39, 0.29) is 29.9 Å². The molecule has 0 fully saturated rings. The van der Waals surface area contributed by atoms with Crippen LogP contribution < -0.4 is 5.73 Å². The molecule has 0 aliphatic rings. The summed E-state index contributed by atoms with van der Waals surface area (Å²) in [7, 11) is 0. The monoisotopic (exact) mass is 217 g/mol.